The number of carbonyl (C=O) groups excluding carboxylic acids is 1. The van der Waals surface area contributed by atoms with E-state index in [1.165, 1.54) is 29.5 Å². The van der Waals surface area contributed by atoms with Gasteiger partial charge in [-0.2, -0.15) is 0 Å². The number of anilines is 1. The lowest BCUT2D eigenvalue weighted by Crippen LogP contribution is -2.29. The normalized spacial score (nSPS) is 18.1. The minimum absolute atomic E-state index is 0.0897. The van der Waals surface area contributed by atoms with E-state index in [0.717, 1.165) is 43.1 Å². The van der Waals surface area contributed by atoms with E-state index in [1.54, 1.807) is 7.11 Å². The molecule has 0 radical (unpaired) electrons. The van der Waals surface area contributed by atoms with Crippen LogP contribution in [0.3, 0.4) is 0 Å². The molecule has 1 atom stereocenters. The summed E-state index contributed by atoms with van der Waals surface area (Å²) in [5, 5.41) is 2.89. The fourth-order valence-electron chi connectivity index (χ4n) is 4.37. The second kappa shape index (κ2) is 8.23. The van der Waals surface area contributed by atoms with Crippen molar-refractivity contribution in [3.8, 4) is 11.5 Å². The van der Waals surface area contributed by atoms with Crippen molar-refractivity contribution in [2.75, 3.05) is 39.2 Å². The first-order chi connectivity index (χ1) is 13.6. The molecule has 0 bridgehead atoms. The summed E-state index contributed by atoms with van der Waals surface area (Å²) in [5.41, 5.74) is 4.83. The zero-order chi connectivity index (χ0) is 19.5. The van der Waals surface area contributed by atoms with Crippen LogP contribution >= 0.6 is 0 Å². The molecule has 5 nitrogen and oxygen atoms in total. The largest absolute Gasteiger partial charge is 0.496 e. The van der Waals surface area contributed by atoms with Crippen molar-refractivity contribution >= 4 is 11.6 Å². The molecular weight excluding hydrogens is 352 g/mol. The number of benzene rings is 2. The summed E-state index contributed by atoms with van der Waals surface area (Å²) in [6.45, 7) is 2.12. The summed E-state index contributed by atoms with van der Waals surface area (Å²) in [5.74, 6) is 2.25. The summed E-state index contributed by atoms with van der Waals surface area (Å²) in [4.78, 5) is 13.9. The minimum Gasteiger partial charge on any atom is -0.496 e. The minimum atomic E-state index is -0.0897. The monoisotopic (exact) mass is 380 g/mol. The van der Waals surface area contributed by atoms with Crippen LogP contribution in [0.2, 0.25) is 0 Å². The number of hydrogen-bond acceptors (Lipinski definition) is 4. The molecule has 0 aromatic heterocycles. The van der Waals surface area contributed by atoms with Crippen molar-refractivity contribution in [1.82, 2.24) is 4.90 Å². The van der Waals surface area contributed by atoms with Gasteiger partial charge in [-0.1, -0.05) is 18.2 Å². The Kier molecular flexibility index (Phi) is 5.53. The van der Waals surface area contributed by atoms with Crippen molar-refractivity contribution < 1.29 is 14.3 Å². The third kappa shape index (κ3) is 3.99. The third-order valence-corrected chi connectivity index (χ3v) is 5.80. The SMILES string of the molecule is COc1cccc2c1CCCC2CN(C)CCc1ccc2c(c1)NC(=O)CO2. The zero-order valence-electron chi connectivity index (χ0n) is 16.7. The van der Waals surface area contributed by atoms with Gasteiger partial charge in [-0.05, 0) is 73.5 Å². The molecule has 5 heteroatoms. The number of nitrogens with one attached hydrogen (secondary N) is 1. The Morgan fingerprint density at radius 1 is 1.29 bits per heavy atom. The molecule has 4 rings (SSSR count). The molecule has 1 aliphatic heterocycles. The number of likely N-dealkylation sites (N-methyl/N-ethyl adjacent to an activating group) is 1. The topological polar surface area (TPSA) is 50.8 Å². The quantitative estimate of drug-likeness (QED) is 0.832. The fraction of sp³-hybridized carbons (Fsp3) is 0.435. The maximum Gasteiger partial charge on any atom is 0.262 e. The highest BCUT2D eigenvalue weighted by Crippen LogP contribution is 2.37. The van der Waals surface area contributed by atoms with Crippen LogP contribution in [0, 0.1) is 0 Å². The highest BCUT2D eigenvalue weighted by Gasteiger charge is 2.24. The Morgan fingerprint density at radius 3 is 3.04 bits per heavy atom. The summed E-state index contributed by atoms with van der Waals surface area (Å²) in [7, 11) is 3.95. The summed E-state index contributed by atoms with van der Waals surface area (Å²) >= 11 is 0. The molecule has 1 heterocycles. The van der Waals surface area contributed by atoms with Crippen molar-refractivity contribution in [1.29, 1.82) is 0 Å². The lowest BCUT2D eigenvalue weighted by atomic mass is 9.82. The van der Waals surface area contributed by atoms with E-state index in [-0.39, 0.29) is 12.5 Å². The van der Waals surface area contributed by atoms with Gasteiger partial charge < -0.3 is 19.7 Å². The summed E-state index contributed by atoms with van der Waals surface area (Å²) in [6.07, 6.45) is 4.50. The van der Waals surface area contributed by atoms with Crippen molar-refractivity contribution in [3.63, 3.8) is 0 Å². The van der Waals surface area contributed by atoms with Crippen molar-refractivity contribution in [2.45, 2.75) is 31.6 Å². The van der Waals surface area contributed by atoms with E-state index in [9.17, 15) is 4.79 Å². The van der Waals surface area contributed by atoms with Crippen LogP contribution in [0.5, 0.6) is 11.5 Å². The molecule has 1 amide bonds. The molecular formula is C23H28N2O3. The standard InChI is InChI=1S/C23H28N2O3/c1-25(12-11-16-9-10-22-20(13-16)24-23(26)15-28-22)14-17-5-3-7-19-18(17)6-4-8-21(19)27-2/h4,6,8-10,13,17H,3,5,7,11-12,14-15H2,1-2H3,(H,24,26). The van der Waals surface area contributed by atoms with Gasteiger partial charge in [0.1, 0.15) is 11.5 Å². The van der Waals surface area contributed by atoms with Crippen LogP contribution in [0.25, 0.3) is 0 Å². The molecule has 1 unspecified atom stereocenters. The van der Waals surface area contributed by atoms with Gasteiger partial charge >= 0.3 is 0 Å². The van der Waals surface area contributed by atoms with E-state index in [4.69, 9.17) is 9.47 Å². The van der Waals surface area contributed by atoms with Gasteiger partial charge in [0.2, 0.25) is 0 Å². The fourth-order valence-corrected chi connectivity index (χ4v) is 4.37. The molecule has 0 fully saturated rings. The molecule has 1 N–H and O–H groups in total. The predicted molar refractivity (Wildman–Crippen MR) is 110 cm³/mol. The Balaban J connectivity index is 1.38. The lowest BCUT2D eigenvalue weighted by Gasteiger charge is -2.30. The van der Waals surface area contributed by atoms with E-state index in [2.05, 4.69) is 41.5 Å². The molecule has 0 saturated carbocycles. The van der Waals surface area contributed by atoms with Crippen LogP contribution in [0.1, 0.15) is 35.4 Å². The highest BCUT2D eigenvalue weighted by molar-refractivity contribution is 5.95. The van der Waals surface area contributed by atoms with Crippen molar-refractivity contribution in [3.05, 3.63) is 53.1 Å². The van der Waals surface area contributed by atoms with E-state index in [0.29, 0.717) is 5.92 Å². The van der Waals surface area contributed by atoms with Crippen LogP contribution in [0.4, 0.5) is 5.69 Å². The first kappa shape index (κ1) is 18.8. The molecule has 2 aromatic carbocycles. The van der Waals surface area contributed by atoms with Gasteiger partial charge in [-0.25, -0.2) is 0 Å². The molecule has 2 aliphatic rings. The molecule has 0 spiro atoms. The van der Waals surface area contributed by atoms with Gasteiger partial charge in [-0.3, -0.25) is 4.79 Å². The van der Waals surface area contributed by atoms with Gasteiger partial charge in [0.15, 0.2) is 6.61 Å². The molecule has 0 saturated heterocycles. The number of fused-ring (bicyclic) bond motifs is 2. The Bertz CT molecular complexity index is 865. The Morgan fingerprint density at radius 2 is 2.18 bits per heavy atom. The Hall–Kier alpha value is -2.53. The number of ether oxygens (including phenoxy) is 2. The van der Waals surface area contributed by atoms with E-state index in [1.807, 2.05) is 12.1 Å². The number of rotatable bonds is 6. The Labute approximate surface area is 166 Å². The van der Waals surface area contributed by atoms with E-state index < -0.39 is 0 Å². The predicted octanol–water partition coefficient (Wildman–Crippen LogP) is 3.62. The number of amides is 1. The van der Waals surface area contributed by atoms with Gasteiger partial charge in [-0.15, -0.1) is 0 Å². The summed E-state index contributed by atoms with van der Waals surface area (Å²) < 4.78 is 11.0. The average molecular weight is 380 g/mol. The van der Waals surface area contributed by atoms with Crippen molar-refractivity contribution in [2.24, 2.45) is 0 Å². The average Bonchev–Trinajstić information content (AvgIpc) is 2.71. The third-order valence-electron chi connectivity index (χ3n) is 5.80. The first-order valence-electron chi connectivity index (χ1n) is 10.0. The second-order valence-corrected chi connectivity index (χ2v) is 7.80. The molecule has 148 valence electrons. The summed E-state index contributed by atoms with van der Waals surface area (Å²) in [6, 6.07) is 12.5. The second-order valence-electron chi connectivity index (χ2n) is 7.80. The molecule has 1 aliphatic carbocycles. The number of carbonyl (C=O) groups is 1. The van der Waals surface area contributed by atoms with Gasteiger partial charge in [0.05, 0.1) is 12.8 Å². The highest BCUT2D eigenvalue weighted by atomic mass is 16.5. The first-order valence-corrected chi connectivity index (χ1v) is 10.0. The lowest BCUT2D eigenvalue weighted by molar-refractivity contribution is -0.118. The number of methoxy groups -OCH3 is 1. The maximum absolute atomic E-state index is 11.5. The maximum atomic E-state index is 11.5. The van der Waals surface area contributed by atoms with Gasteiger partial charge in [0.25, 0.3) is 5.91 Å². The number of hydrogen-bond donors (Lipinski definition) is 1. The zero-order valence-corrected chi connectivity index (χ0v) is 16.7. The van der Waals surface area contributed by atoms with Crippen LogP contribution in [-0.4, -0.2) is 44.7 Å². The molecule has 2 aromatic rings. The molecule has 28 heavy (non-hydrogen) atoms. The number of nitrogens with zero attached hydrogens (tertiary/aromatic N) is 1. The smallest absolute Gasteiger partial charge is 0.262 e. The van der Waals surface area contributed by atoms with Crippen LogP contribution in [0.15, 0.2) is 36.4 Å². The van der Waals surface area contributed by atoms with Gasteiger partial charge in [0, 0.05) is 13.1 Å². The van der Waals surface area contributed by atoms with E-state index >= 15 is 0 Å². The van der Waals surface area contributed by atoms with Crippen LogP contribution < -0.4 is 14.8 Å². The van der Waals surface area contributed by atoms with Crippen LogP contribution in [-0.2, 0) is 17.6 Å².